The second kappa shape index (κ2) is 7.94. The minimum absolute atomic E-state index is 0.0338. The Labute approximate surface area is 150 Å². The molecule has 2 aromatic heterocycles. The lowest BCUT2D eigenvalue weighted by molar-refractivity contribution is -0.132. The maximum Gasteiger partial charge on any atom is 0.260 e. The molecule has 0 N–H and O–H groups in total. The highest BCUT2D eigenvalue weighted by Gasteiger charge is 2.15. The molecule has 0 unspecified atom stereocenters. The van der Waals surface area contributed by atoms with E-state index in [1.807, 2.05) is 41.8 Å². The van der Waals surface area contributed by atoms with E-state index in [9.17, 15) is 4.79 Å². The third kappa shape index (κ3) is 4.45. The number of carbonyl (C=O) groups excluding carboxylic acids is 1. The first-order valence-electron chi connectivity index (χ1n) is 7.98. The topological polar surface area (TPSA) is 68.5 Å². The van der Waals surface area contributed by atoms with E-state index in [0.717, 1.165) is 11.3 Å². The molecule has 0 spiro atoms. The molecule has 0 saturated heterocycles. The zero-order valence-electron chi connectivity index (χ0n) is 14.1. The van der Waals surface area contributed by atoms with Crippen molar-refractivity contribution in [2.45, 2.75) is 19.9 Å². The van der Waals surface area contributed by atoms with Crippen LogP contribution >= 0.6 is 11.3 Å². The van der Waals surface area contributed by atoms with Gasteiger partial charge in [-0.05, 0) is 35.6 Å². The highest BCUT2D eigenvalue weighted by molar-refractivity contribution is 7.13. The van der Waals surface area contributed by atoms with Gasteiger partial charge in [-0.25, -0.2) is 0 Å². The molecule has 7 heteroatoms. The molecule has 3 rings (SSSR count). The van der Waals surface area contributed by atoms with Gasteiger partial charge >= 0.3 is 0 Å². The van der Waals surface area contributed by atoms with Gasteiger partial charge in [0.1, 0.15) is 5.75 Å². The summed E-state index contributed by atoms with van der Waals surface area (Å²) < 4.78 is 10.7. The lowest BCUT2D eigenvalue weighted by atomic mass is 10.2. The molecule has 25 heavy (non-hydrogen) atoms. The summed E-state index contributed by atoms with van der Waals surface area (Å²) in [7, 11) is 1.68. The highest BCUT2D eigenvalue weighted by atomic mass is 32.1. The largest absolute Gasteiger partial charge is 0.484 e. The monoisotopic (exact) mass is 357 g/mol. The number of aromatic nitrogens is 2. The summed E-state index contributed by atoms with van der Waals surface area (Å²) in [6.45, 7) is 2.30. The Morgan fingerprint density at radius 3 is 2.76 bits per heavy atom. The molecule has 0 bridgehead atoms. The zero-order chi connectivity index (χ0) is 17.6. The smallest absolute Gasteiger partial charge is 0.260 e. The SMILES string of the molecule is CCc1ccc(OCC(=O)N(C)Cc2nc(-c3cccs3)no2)cc1. The van der Waals surface area contributed by atoms with Crippen molar-refractivity contribution < 1.29 is 14.1 Å². The Morgan fingerprint density at radius 1 is 1.28 bits per heavy atom. The molecular weight excluding hydrogens is 338 g/mol. The van der Waals surface area contributed by atoms with Crippen LogP contribution in [0, 0.1) is 0 Å². The lowest BCUT2D eigenvalue weighted by Gasteiger charge is -2.15. The third-order valence-electron chi connectivity index (χ3n) is 3.70. The molecule has 0 fully saturated rings. The Morgan fingerprint density at radius 2 is 2.08 bits per heavy atom. The van der Waals surface area contributed by atoms with E-state index in [4.69, 9.17) is 9.26 Å². The Hall–Kier alpha value is -2.67. The highest BCUT2D eigenvalue weighted by Crippen LogP contribution is 2.21. The Bertz CT molecular complexity index is 812. The molecule has 6 nitrogen and oxygen atoms in total. The number of amides is 1. The number of nitrogens with zero attached hydrogens (tertiary/aromatic N) is 3. The maximum atomic E-state index is 12.2. The number of rotatable bonds is 7. The first-order chi connectivity index (χ1) is 12.2. The number of likely N-dealkylation sites (N-methyl/N-ethyl adjacent to an activating group) is 1. The van der Waals surface area contributed by atoms with Crippen molar-refractivity contribution in [3.8, 4) is 16.5 Å². The van der Waals surface area contributed by atoms with E-state index in [0.29, 0.717) is 17.5 Å². The predicted octanol–water partition coefficient (Wildman–Crippen LogP) is 3.40. The molecule has 130 valence electrons. The molecule has 0 aliphatic rings. The van der Waals surface area contributed by atoms with Crippen LogP contribution in [0.5, 0.6) is 5.75 Å². The quantitative estimate of drug-likeness (QED) is 0.648. The minimum Gasteiger partial charge on any atom is -0.484 e. The van der Waals surface area contributed by atoms with Crippen molar-refractivity contribution in [1.82, 2.24) is 15.0 Å². The van der Waals surface area contributed by atoms with Crippen LogP contribution in [0.2, 0.25) is 0 Å². The second-order valence-corrected chi connectivity index (χ2v) is 6.47. The second-order valence-electron chi connectivity index (χ2n) is 5.53. The van der Waals surface area contributed by atoms with Gasteiger partial charge in [0.15, 0.2) is 6.61 Å². The van der Waals surface area contributed by atoms with Gasteiger partial charge in [0, 0.05) is 7.05 Å². The first-order valence-corrected chi connectivity index (χ1v) is 8.86. The van der Waals surface area contributed by atoms with Crippen molar-refractivity contribution in [3.63, 3.8) is 0 Å². The van der Waals surface area contributed by atoms with Gasteiger partial charge in [-0.15, -0.1) is 11.3 Å². The Kier molecular flexibility index (Phi) is 5.45. The van der Waals surface area contributed by atoms with Gasteiger partial charge in [0.25, 0.3) is 5.91 Å². The van der Waals surface area contributed by atoms with Gasteiger partial charge in [-0.2, -0.15) is 4.98 Å². The molecular formula is C18H19N3O3S. The van der Waals surface area contributed by atoms with E-state index < -0.39 is 0 Å². The summed E-state index contributed by atoms with van der Waals surface area (Å²) in [6.07, 6.45) is 0.972. The number of hydrogen-bond donors (Lipinski definition) is 0. The van der Waals surface area contributed by atoms with Crippen molar-refractivity contribution in [1.29, 1.82) is 0 Å². The molecule has 2 heterocycles. The Balaban J connectivity index is 1.52. The van der Waals surface area contributed by atoms with Gasteiger partial charge in [0.2, 0.25) is 11.7 Å². The van der Waals surface area contributed by atoms with Crippen molar-refractivity contribution >= 4 is 17.2 Å². The lowest BCUT2D eigenvalue weighted by Crippen LogP contribution is -2.31. The molecule has 1 amide bonds. The third-order valence-corrected chi connectivity index (χ3v) is 4.57. The van der Waals surface area contributed by atoms with Gasteiger partial charge in [-0.1, -0.05) is 30.3 Å². The average molecular weight is 357 g/mol. The first kappa shape index (κ1) is 17.2. The van der Waals surface area contributed by atoms with Crippen LogP contribution in [0.25, 0.3) is 10.7 Å². The van der Waals surface area contributed by atoms with Crippen molar-refractivity contribution in [2.75, 3.05) is 13.7 Å². The van der Waals surface area contributed by atoms with Crippen LogP contribution in [0.15, 0.2) is 46.3 Å². The fraction of sp³-hybridized carbons (Fsp3) is 0.278. The summed E-state index contributed by atoms with van der Waals surface area (Å²) in [5, 5.41) is 5.89. The molecule has 3 aromatic rings. The van der Waals surface area contributed by atoms with E-state index in [-0.39, 0.29) is 19.1 Å². The normalized spacial score (nSPS) is 10.6. The summed E-state index contributed by atoms with van der Waals surface area (Å²) in [4.78, 5) is 18.9. The van der Waals surface area contributed by atoms with Crippen LogP contribution < -0.4 is 4.74 Å². The number of aryl methyl sites for hydroxylation is 1. The number of hydrogen-bond acceptors (Lipinski definition) is 6. The zero-order valence-corrected chi connectivity index (χ0v) is 15.0. The van der Waals surface area contributed by atoms with Crippen LogP contribution in [0.4, 0.5) is 0 Å². The summed E-state index contributed by atoms with van der Waals surface area (Å²) in [6, 6.07) is 11.6. The predicted molar refractivity (Wildman–Crippen MR) is 95.4 cm³/mol. The number of carbonyl (C=O) groups is 1. The van der Waals surface area contributed by atoms with Gasteiger partial charge in [-0.3, -0.25) is 4.79 Å². The molecule has 1 aromatic carbocycles. The summed E-state index contributed by atoms with van der Waals surface area (Å²) in [5.41, 5.74) is 1.23. The molecule has 0 aliphatic carbocycles. The van der Waals surface area contributed by atoms with Crippen LogP contribution in [-0.2, 0) is 17.8 Å². The van der Waals surface area contributed by atoms with Gasteiger partial charge < -0.3 is 14.2 Å². The van der Waals surface area contributed by atoms with E-state index >= 15 is 0 Å². The van der Waals surface area contributed by atoms with Crippen LogP contribution in [0.3, 0.4) is 0 Å². The van der Waals surface area contributed by atoms with E-state index in [2.05, 4.69) is 17.1 Å². The van der Waals surface area contributed by atoms with Crippen molar-refractivity contribution in [2.24, 2.45) is 0 Å². The number of thiophene rings is 1. The standard InChI is InChI=1S/C18H19N3O3S/c1-3-13-6-8-14(9-7-13)23-12-17(22)21(2)11-16-19-18(20-24-16)15-5-4-10-25-15/h4-10H,3,11-12H2,1-2H3. The fourth-order valence-corrected chi connectivity index (χ4v) is 2.84. The average Bonchev–Trinajstić information content (AvgIpc) is 3.31. The molecule has 0 atom stereocenters. The van der Waals surface area contributed by atoms with Crippen LogP contribution in [0.1, 0.15) is 18.4 Å². The summed E-state index contributed by atoms with van der Waals surface area (Å²) in [5.74, 6) is 1.46. The van der Waals surface area contributed by atoms with E-state index in [1.54, 1.807) is 7.05 Å². The fourth-order valence-electron chi connectivity index (χ4n) is 2.19. The molecule has 0 saturated carbocycles. The van der Waals surface area contributed by atoms with Gasteiger partial charge in [0.05, 0.1) is 11.4 Å². The van der Waals surface area contributed by atoms with Crippen molar-refractivity contribution in [3.05, 3.63) is 53.2 Å². The molecule has 0 aliphatic heterocycles. The molecule has 0 radical (unpaired) electrons. The minimum atomic E-state index is -0.157. The maximum absolute atomic E-state index is 12.2. The van der Waals surface area contributed by atoms with E-state index in [1.165, 1.54) is 21.8 Å². The summed E-state index contributed by atoms with van der Waals surface area (Å²) >= 11 is 1.54. The van der Waals surface area contributed by atoms with Crippen LogP contribution in [-0.4, -0.2) is 34.6 Å². The number of benzene rings is 1. The number of ether oxygens (including phenoxy) is 1.